The highest BCUT2D eigenvalue weighted by atomic mass is 19.4. The van der Waals surface area contributed by atoms with Gasteiger partial charge >= 0.3 is 6.18 Å². The van der Waals surface area contributed by atoms with Crippen molar-refractivity contribution in [1.29, 1.82) is 0 Å². The monoisotopic (exact) mass is 503 g/mol. The molecule has 13 heteroatoms. The van der Waals surface area contributed by atoms with E-state index in [-0.39, 0.29) is 23.0 Å². The molecule has 0 spiro atoms. The molecule has 2 heterocycles. The van der Waals surface area contributed by atoms with Gasteiger partial charge in [-0.1, -0.05) is 47.6 Å². The second-order valence-electron chi connectivity index (χ2n) is 7.67. The number of alkyl halides is 3. The predicted molar refractivity (Wildman–Crippen MR) is 118 cm³/mol. The van der Waals surface area contributed by atoms with Crippen LogP contribution in [0.2, 0.25) is 0 Å². The van der Waals surface area contributed by atoms with Crippen LogP contribution in [0.1, 0.15) is 17.4 Å². The summed E-state index contributed by atoms with van der Waals surface area (Å²) in [5, 5.41) is 38.2. The van der Waals surface area contributed by atoms with E-state index in [1.807, 2.05) is 0 Å². The van der Waals surface area contributed by atoms with Crippen LogP contribution in [0.4, 0.5) is 13.2 Å². The van der Waals surface area contributed by atoms with Gasteiger partial charge in [0.25, 0.3) is 11.8 Å². The zero-order valence-electron chi connectivity index (χ0n) is 18.4. The largest absolute Gasteiger partial charge is 0.434 e. The summed E-state index contributed by atoms with van der Waals surface area (Å²) in [7, 11) is 0. The van der Waals surface area contributed by atoms with Crippen molar-refractivity contribution < 1.29 is 37.8 Å². The number of amides is 1. The van der Waals surface area contributed by atoms with Gasteiger partial charge in [-0.25, -0.2) is 4.68 Å². The number of carbonyl (C=O) groups excluding carboxylic acids is 1. The van der Waals surface area contributed by atoms with Gasteiger partial charge in [-0.3, -0.25) is 4.79 Å². The third-order valence-electron chi connectivity index (χ3n) is 5.22. The van der Waals surface area contributed by atoms with Crippen LogP contribution in [-0.2, 0) is 11.0 Å². The molecule has 4 aromatic rings. The number of carbonyl (C=O) groups is 1. The summed E-state index contributed by atoms with van der Waals surface area (Å²) in [5.74, 6) is -1.23. The lowest BCUT2D eigenvalue weighted by molar-refractivity contribution is -0.142. The fraction of sp³-hybridized carbons (Fsp3) is 0.217. The Kier molecular flexibility index (Phi) is 7.15. The van der Waals surface area contributed by atoms with Crippen LogP contribution in [0.5, 0.6) is 0 Å². The SMILES string of the molecule is O=C(NC(CO)CO)[C@@H](O)c1ccc(-c2noc(-c3cnn(-c4ccccc4)c3C(F)(F)F)n2)cc1. The summed E-state index contributed by atoms with van der Waals surface area (Å²) >= 11 is 0. The molecule has 0 aliphatic heterocycles. The van der Waals surface area contributed by atoms with Gasteiger partial charge in [0.1, 0.15) is 0 Å². The Bertz CT molecular complexity index is 1320. The van der Waals surface area contributed by atoms with E-state index in [2.05, 4.69) is 20.6 Å². The fourth-order valence-electron chi connectivity index (χ4n) is 3.39. The molecule has 2 aromatic carbocycles. The minimum Gasteiger partial charge on any atom is -0.394 e. The maximum atomic E-state index is 13.9. The minimum absolute atomic E-state index is 0.0169. The highest BCUT2D eigenvalue weighted by Gasteiger charge is 2.40. The molecule has 0 unspecified atom stereocenters. The Hall–Kier alpha value is -4.07. The molecule has 188 valence electrons. The molecule has 0 fully saturated rings. The standard InChI is InChI=1S/C23H20F3N5O5/c24-23(25,26)19-17(10-27-31(19)16-4-2-1-3-5-16)22-29-20(30-36-22)14-8-6-13(7-9-14)18(34)21(35)28-15(11-32)12-33/h1-10,15,18,32-34H,11-12H2,(H,28,35)/t18-/m0/s1. The molecule has 0 saturated heterocycles. The number of aliphatic hydroxyl groups excluding tert-OH is 3. The van der Waals surface area contributed by atoms with Gasteiger partial charge in [-0.2, -0.15) is 23.3 Å². The van der Waals surface area contributed by atoms with E-state index in [0.717, 1.165) is 10.9 Å². The molecule has 10 nitrogen and oxygen atoms in total. The Morgan fingerprint density at radius 1 is 1.06 bits per heavy atom. The fourth-order valence-corrected chi connectivity index (χ4v) is 3.39. The van der Waals surface area contributed by atoms with Crippen molar-refractivity contribution in [3.8, 4) is 28.5 Å². The Labute approximate surface area is 201 Å². The molecule has 36 heavy (non-hydrogen) atoms. The van der Waals surface area contributed by atoms with Crippen molar-refractivity contribution in [2.45, 2.75) is 18.3 Å². The molecule has 4 rings (SSSR count). The zero-order chi connectivity index (χ0) is 25.9. The highest BCUT2D eigenvalue weighted by Crippen LogP contribution is 2.38. The first kappa shape index (κ1) is 25.0. The van der Waals surface area contributed by atoms with E-state index < -0.39 is 48.7 Å². The van der Waals surface area contributed by atoms with Crippen molar-refractivity contribution in [3.05, 3.63) is 72.1 Å². The number of rotatable bonds is 8. The van der Waals surface area contributed by atoms with Gasteiger partial charge in [-0.05, 0) is 17.7 Å². The lowest BCUT2D eigenvalue weighted by Crippen LogP contribution is -2.42. The van der Waals surface area contributed by atoms with Crippen LogP contribution >= 0.6 is 0 Å². The number of hydrogen-bond acceptors (Lipinski definition) is 8. The second-order valence-corrected chi connectivity index (χ2v) is 7.67. The van der Waals surface area contributed by atoms with Crippen molar-refractivity contribution in [2.75, 3.05) is 13.2 Å². The highest BCUT2D eigenvalue weighted by molar-refractivity contribution is 5.82. The van der Waals surface area contributed by atoms with Crippen LogP contribution in [0.25, 0.3) is 28.5 Å². The number of hydrogen-bond donors (Lipinski definition) is 4. The van der Waals surface area contributed by atoms with Gasteiger partial charge in [-0.15, -0.1) is 0 Å². The number of nitrogens with one attached hydrogen (secondary N) is 1. The molecule has 0 radical (unpaired) electrons. The van der Waals surface area contributed by atoms with Crippen LogP contribution in [-0.4, -0.2) is 60.4 Å². The summed E-state index contributed by atoms with van der Waals surface area (Å²) in [5.41, 5.74) is -0.709. The summed E-state index contributed by atoms with van der Waals surface area (Å²) in [4.78, 5) is 16.2. The maximum absolute atomic E-state index is 13.9. The third kappa shape index (κ3) is 5.12. The van der Waals surface area contributed by atoms with E-state index in [1.54, 1.807) is 18.2 Å². The van der Waals surface area contributed by atoms with Crippen LogP contribution in [0.3, 0.4) is 0 Å². The van der Waals surface area contributed by atoms with Crippen LogP contribution in [0.15, 0.2) is 65.3 Å². The van der Waals surface area contributed by atoms with Crippen molar-refractivity contribution >= 4 is 5.91 Å². The first-order chi connectivity index (χ1) is 17.2. The first-order valence-electron chi connectivity index (χ1n) is 10.6. The molecule has 0 aliphatic carbocycles. The number of aliphatic hydroxyl groups is 3. The molecule has 0 saturated carbocycles. The van der Waals surface area contributed by atoms with Gasteiger partial charge < -0.3 is 25.2 Å². The summed E-state index contributed by atoms with van der Waals surface area (Å²) in [6.07, 6.45) is -5.35. The summed E-state index contributed by atoms with van der Waals surface area (Å²) in [6, 6.07) is 12.6. The summed E-state index contributed by atoms with van der Waals surface area (Å²) < 4.78 is 47.6. The van der Waals surface area contributed by atoms with E-state index in [9.17, 15) is 23.1 Å². The van der Waals surface area contributed by atoms with Gasteiger partial charge in [0, 0.05) is 5.56 Å². The number of nitrogens with zero attached hydrogens (tertiary/aromatic N) is 4. The molecular weight excluding hydrogens is 483 g/mol. The van der Waals surface area contributed by atoms with Gasteiger partial charge in [0.05, 0.1) is 36.7 Å². The molecule has 4 N–H and O–H groups in total. The second kappa shape index (κ2) is 10.3. The topological polar surface area (TPSA) is 147 Å². The van der Waals surface area contributed by atoms with E-state index in [4.69, 9.17) is 14.7 Å². The molecular formula is C23H20F3N5O5. The van der Waals surface area contributed by atoms with Crippen molar-refractivity contribution in [1.82, 2.24) is 25.2 Å². The van der Waals surface area contributed by atoms with Crippen LogP contribution < -0.4 is 5.32 Å². The van der Waals surface area contributed by atoms with Gasteiger partial charge in [0.2, 0.25) is 5.82 Å². The van der Waals surface area contributed by atoms with E-state index in [0.29, 0.717) is 5.56 Å². The summed E-state index contributed by atoms with van der Waals surface area (Å²) in [6.45, 7) is -1.01. The average molecular weight is 503 g/mol. The van der Waals surface area contributed by atoms with E-state index >= 15 is 0 Å². The average Bonchev–Trinajstić information content (AvgIpc) is 3.55. The Morgan fingerprint density at radius 2 is 1.72 bits per heavy atom. The first-order valence-corrected chi connectivity index (χ1v) is 10.6. The lowest BCUT2D eigenvalue weighted by Gasteiger charge is -2.17. The maximum Gasteiger partial charge on any atom is 0.434 e. The normalized spacial score (nSPS) is 12.6. The Balaban J connectivity index is 1.59. The number of aromatic nitrogens is 4. The van der Waals surface area contributed by atoms with E-state index in [1.165, 1.54) is 36.4 Å². The smallest absolute Gasteiger partial charge is 0.394 e. The molecule has 1 amide bonds. The third-order valence-corrected chi connectivity index (χ3v) is 5.22. The van der Waals surface area contributed by atoms with Crippen molar-refractivity contribution in [2.24, 2.45) is 0 Å². The van der Waals surface area contributed by atoms with Crippen LogP contribution in [0, 0.1) is 0 Å². The molecule has 1 atom stereocenters. The Morgan fingerprint density at radius 3 is 2.33 bits per heavy atom. The van der Waals surface area contributed by atoms with Crippen molar-refractivity contribution in [3.63, 3.8) is 0 Å². The predicted octanol–water partition coefficient (Wildman–Crippen LogP) is 2.11. The molecule has 2 aromatic heterocycles. The van der Waals surface area contributed by atoms with Gasteiger partial charge in [0.15, 0.2) is 11.8 Å². The minimum atomic E-state index is -4.76. The number of halogens is 3. The quantitative estimate of drug-likeness (QED) is 0.286. The molecule has 0 bridgehead atoms. The number of para-hydroxylation sites is 1. The zero-order valence-corrected chi connectivity index (χ0v) is 18.4. The number of benzene rings is 2. The lowest BCUT2D eigenvalue weighted by atomic mass is 10.1. The molecule has 0 aliphatic rings.